The van der Waals surface area contributed by atoms with Crippen LogP contribution < -0.4 is 0 Å². The lowest BCUT2D eigenvalue weighted by Crippen LogP contribution is -2.21. The molecule has 2 nitrogen and oxygen atoms in total. The van der Waals surface area contributed by atoms with Gasteiger partial charge in [0.1, 0.15) is 5.38 Å². The van der Waals surface area contributed by atoms with Crippen molar-refractivity contribution in [1.29, 1.82) is 0 Å². The largest absolute Gasteiger partial charge is 0.462 e. The molecular weight excluding hydrogens is 224 g/mol. The summed E-state index contributed by atoms with van der Waals surface area (Å²) in [5.41, 5.74) is 0. The predicted octanol–water partition coefficient (Wildman–Crippen LogP) is 4.30. The Balaban J connectivity index is 3.42. The minimum absolute atomic E-state index is 0.0710. The van der Waals surface area contributed by atoms with E-state index in [2.05, 4.69) is 6.92 Å². The average Bonchev–Trinajstić information content (AvgIpc) is 2.21. The van der Waals surface area contributed by atoms with Crippen molar-refractivity contribution in [1.82, 2.24) is 0 Å². The first-order valence-electron chi connectivity index (χ1n) is 6.42. The highest BCUT2D eigenvalue weighted by Gasteiger charge is 2.17. The molecule has 0 aromatic rings. The number of halogens is 1. The summed E-state index contributed by atoms with van der Waals surface area (Å²) >= 11 is 5.94. The molecule has 0 radical (unpaired) electrons. The first-order chi connectivity index (χ1) is 7.57. The van der Waals surface area contributed by atoms with E-state index in [-0.39, 0.29) is 12.1 Å². The normalized spacial score (nSPS) is 12.8. The minimum Gasteiger partial charge on any atom is -0.462 e. The van der Waals surface area contributed by atoms with E-state index in [1.165, 1.54) is 25.7 Å². The van der Waals surface area contributed by atoms with Gasteiger partial charge < -0.3 is 4.74 Å². The molecule has 0 N–H and O–H groups in total. The average molecular weight is 249 g/mol. The van der Waals surface area contributed by atoms with Crippen molar-refractivity contribution >= 4 is 17.6 Å². The van der Waals surface area contributed by atoms with Crippen LogP contribution in [0.4, 0.5) is 0 Å². The van der Waals surface area contributed by atoms with Gasteiger partial charge in [-0.15, -0.1) is 11.6 Å². The van der Waals surface area contributed by atoms with E-state index >= 15 is 0 Å². The maximum Gasteiger partial charge on any atom is 0.324 e. The quantitative estimate of drug-likeness (QED) is 0.346. The van der Waals surface area contributed by atoms with Crippen LogP contribution in [0.1, 0.15) is 65.7 Å². The fraction of sp³-hybridized carbons (Fsp3) is 0.923. The molecule has 3 heteroatoms. The van der Waals surface area contributed by atoms with Crippen molar-refractivity contribution in [2.75, 3.05) is 0 Å². The zero-order valence-electron chi connectivity index (χ0n) is 10.8. The Kier molecular flexibility index (Phi) is 9.80. The molecule has 0 aromatic heterocycles. The summed E-state index contributed by atoms with van der Waals surface area (Å²) in [7, 11) is 0. The van der Waals surface area contributed by atoms with Gasteiger partial charge in [0.2, 0.25) is 0 Å². The Hall–Kier alpha value is -0.240. The van der Waals surface area contributed by atoms with E-state index < -0.39 is 5.38 Å². The van der Waals surface area contributed by atoms with Crippen LogP contribution >= 0.6 is 11.6 Å². The van der Waals surface area contributed by atoms with Crippen LogP contribution in [0.3, 0.4) is 0 Å². The van der Waals surface area contributed by atoms with E-state index in [9.17, 15) is 4.79 Å². The Morgan fingerprint density at radius 1 is 1.12 bits per heavy atom. The van der Waals surface area contributed by atoms with Crippen LogP contribution in [-0.4, -0.2) is 17.5 Å². The van der Waals surface area contributed by atoms with Gasteiger partial charge in [-0.25, -0.2) is 0 Å². The third-order valence-corrected chi connectivity index (χ3v) is 2.82. The number of carbonyl (C=O) groups is 1. The van der Waals surface area contributed by atoms with E-state index in [0.717, 1.165) is 19.3 Å². The van der Waals surface area contributed by atoms with Crippen LogP contribution in [0, 0.1) is 0 Å². The lowest BCUT2D eigenvalue weighted by atomic mass is 10.1. The van der Waals surface area contributed by atoms with E-state index in [1.54, 1.807) is 0 Å². The third-order valence-electron chi connectivity index (χ3n) is 2.42. The summed E-state index contributed by atoms with van der Waals surface area (Å²) in [6.45, 7) is 5.88. The SMILES string of the molecule is CCCCCCCCC(Cl)C(=O)OC(C)C. The molecular formula is C13H25ClO2. The second kappa shape index (κ2) is 9.95. The summed E-state index contributed by atoms with van der Waals surface area (Å²) in [6, 6.07) is 0. The molecule has 0 saturated carbocycles. The van der Waals surface area contributed by atoms with Gasteiger partial charge in [-0.1, -0.05) is 45.4 Å². The molecule has 0 saturated heterocycles. The molecule has 0 rings (SSSR count). The zero-order valence-corrected chi connectivity index (χ0v) is 11.6. The van der Waals surface area contributed by atoms with Crippen molar-refractivity contribution in [2.45, 2.75) is 77.2 Å². The number of hydrogen-bond acceptors (Lipinski definition) is 2. The van der Waals surface area contributed by atoms with Gasteiger partial charge in [-0.2, -0.15) is 0 Å². The molecule has 1 unspecified atom stereocenters. The highest BCUT2D eigenvalue weighted by Crippen LogP contribution is 2.13. The molecule has 0 aliphatic heterocycles. The number of rotatable bonds is 9. The Labute approximate surface area is 105 Å². The molecule has 0 fully saturated rings. The molecule has 96 valence electrons. The van der Waals surface area contributed by atoms with Crippen LogP contribution in [0.15, 0.2) is 0 Å². The molecule has 0 aromatic carbocycles. The van der Waals surface area contributed by atoms with E-state index in [1.807, 2.05) is 13.8 Å². The molecule has 0 aliphatic carbocycles. The summed E-state index contributed by atoms with van der Waals surface area (Å²) < 4.78 is 5.04. The maximum atomic E-state index is 11.4. The van der Waals surface area contributed by atoms with Crippen LogP contribution in [-0.2, 0) is 9.53 Å². The predicted molar refractivity (Wildman–Crippen MR) is 68.9 cm³/mol. The number of esters is 1. The number of ether oxygens (including phenoxy) is 1. The van der Waals surface area contributed by atoms with Gasteiger partial charge in [0.25, 0.3) is 0 Å². The summed E-state index contributed by atoms with van der Waals surface area (Å²) in [5, 5.41) is -0.464. The van der Waals surface area contributed by atoms with Gasteiger partial charge in [0.05, 0.1) is 6.10 Å². The Bertz CT molecular complexity index is 181. The van der Waals surface area contributed by atoms with Gasteiger partial charge in [0.15, 0.2) is 0 Å². The van der Waals surface area contributed by atoms with Gasteiger partial charge >= 0.3 is 5.97 Å². The number of hydrogen-bond donors (Lipinski definition) is 0. The third kappa shape index (κ3) is 9.02. The molecule has 0 bridgehead atoms. The molecule has 0 spiro atoms. The monoisotopic (exact) mass is 248 g/mol. The van der Waals surface area contributed by atoms with Gasteiger partial charge in [0, 0.05) is 0 Å². The molecule has 16 heavy (non-hydrogen) atoms. The zero-order chi connectivity index (χ0) is 12.4. The Morgan fingerprint density at radius 2 is 1.69 bits per heavy atom. The van der Waals surface area contributed by atoms with Crippen molar-refractivity contribution in [2.24, 2.45) is 0 Å². The van der Waals surface area contributed by atoms with Crippen LogP contribution in [0.5, 0.6) is 0 Å². The first-order valence-corrected chi connectivity index (χ1v) is 6.86. The van der Waals surface area contributed by atoms with Crippen LogP contribution in [0.2, 0.25) is 0 Å². The minimum atomic E-state index is -0.464. The smallest absolute Gasteiger partial charge is 0.324 e. The standard InChI is InChI=1S/C13H25ClO2/c1-4-5-6-7-8-9-10-12(14)13(15)16-11(2)3/h11-12H,4-10H2,1-3H3. The van der Waals surface area contributed by atoms with Gasteiger partial charge in [-0.05, 0) is 20.3 Å². The summed E-state index contributed by atoms with van der Waals surface area (Å²) in [4.78, 5) is 11.4. The van der Waals surface area contributed by atoms with Crippen molar-refractivity contribution < 1.29 is 9.53 Å². The number of alkyl halides is 1. The fourth-order valence-electron chi connectivity index (χ4n) is 1.53. The van der Waals surface area contributed by atoms with Crippen molar-refractivity contribution in [3.63, 3.8) is 0 Å². The summed E-state index contributed by atoms with van der Waals surface area (Å²) in [5.74, 6) is -0.273. The number of carbonyl (C=O) groups excluding carboxylic acids is 1. The highest BCUT2D eigenvalue weighted by molar-refractivity contribution is 6.29. The van der Waals surface area contributed by atoms with Crippen LogP contribution in [0.25, 0.3) is 0 Å². The molecule has 0 aliphatic rings. The maximum absolute atomic E-state index is 11.4. The number of unbranched alkanes of at least 4 members (excludes halogenated alkanes) is 5. The lowest BCUT2D eigenvalue weighted by molar-refractivity contribution is -0.147. The van der Waals surface area contributed by atoms with E-state index in [0.29, 0.717) is 0 Å². The molecule has 1 atom stereocenters. The fourth-order valence-corrected chi connectivity index (χ4v) is 1.73. The molecule has 0 heterocycles. The Morgan fingerprint density at radius 3 is 2.25 bits per heavy atom. The summed E-state index contributed by atoms with van der Waals surface area (Å²) in [6.07, 6.45) is 7.95. The lowest BCUT2D eigenvalue weighted by Gasteiger charge is -2.12. The highest BCUT2D eigenvalue weighted by atomic mass is 35.5. The van der Waals surface area contributed by atoms with Crippen molar-refractivity contribution in [3.8, 4) is 0 Å². The van der Waals surface area contributed by atoms with Crippen molar-refractivity contribution in [3.05, 3.63) is 0 Å². The van der Waals surface area contributed by atoms with E-state index in [4.69, 9.17) is 16.3 Å². The second-order valence-electron chi connectivity index (χ2n) is 4.51. The first kappa shape index (κ1) is 15.8. The molecule has 0 amide bonds. The van der Waals surface area contributed by atoms with Gasteiger partial charge in [-0.3, -0.25) is 4.79 Å². The topological polar surface area (TPSA) is 26.3 Å². The second-order valence-corrected chi connectivity index (χ2v) is 5.04.